The number of rotatable bonds is 4. The monoisotopic (exact) mass is 261 g/mol. The van der Waals surface area contributed by atoms with Crippen molar-refractivity contribution in [2.75, 3.05) is 7.11 Å². The molecule has 1 N–H and O–H groups in total. The highest BCUT2D eigenvalue weighted by atomic mass is 16.5. The summed E-state index contributed by atoms with van der Waals surface area (Å²) in [5, 5.41) is 3.15. The highest BCUT2D eigenvalue weighted by molar-refractivity contribution is 5.87. The molecule has 0 heterocycles. The van der Waals surface area contributed by atoms with Crippen LogP contribution < -0.4 is 5.32 Å². The fraction of sp³-hybridized carbons (Fsp3) is 0.562. The molecule has 3 heteroatoms. The third-order valence-corrected chi connectivity index (χ3v) is 4.13. The largest absolute Gasteiger partial charge is 0.379 e. The molecule has 1 saturated carbocycles. The van der Waals surface area contributed by atoms with Gasteiger partial charge < -0.3 is 10.1 Å². The first-order valence-electron chi connectivity index (χ1n) is 6.95. The normalized spacial score (nSPS) is 23.3. The average Bonchev–Trinajstić information content (AvgIpc) is 2.87. The fourth-order valence-electron chi connectivity index (χ4n) is 2.71. The van der Waals surface area contributed by atoms with Crippen molar-refractivity contribution in [3.8, 4) is 0 Å². The van der Waals surface area contributed by atoms with Gasteiger partial charge in [0.15, 0.2) is 0 Å². The minimum atomic E-state index is -0.512. The van der Waals surface area contributed by atoms with Crippen LogP contribution in [0.5, 0.6) is 0 Å². The van der Waals surface area contributed by atoms with Crippen LogP contribution in [-0.4, -0.2) is 25.2 Å². The van der Waals surface area contributed by atoms with E-state index in [1.807, 2.05) is 44.2 Å². The summed E-state index contributed by atoms with van der Waals surface area (Å²) >= 11 is 0. The molecule has 0 spiro atoms. The van der Waals surface area contributed by atoms with Crippen LogP contribution in [0.1, 0.15) is 38.7 Å². The van der Waals surface area contributed by atoms with Crippen LogP contribution in [0, 0.1) is 0 Å². The molecule has 0 unspecified atom stereocenters. The van der Waals surface area contributed by atoms with E-state index in [9.17, 15) is 4.79 Å². The predicted octanol–water partition coefficient (Wildman–Crippen LogP) is 2.65. The van der Waals surface area contributed by atoms with Gasteiger partial charge in [0.1, 0.15) is 0 Å². The third-order valence-electron chi connectivity index (χ3n) is 4.13. The van der Waals surface area contributed by atoms with E-state index in [1.54, 1.807) is 7.11 Å². The van der Waals surface area contributed by atoms with E-state index in [4.69, 9.17) is 4.74 Å². The van der Waals surface area contributed by atoms with Gasteiger partial charge in [-0.15, -0.1) is 0 Å². The first kappa shape index (κ1) is 14.1. The minimum Gasteiger partial charge on any atom is -0.379 e. The summed E-state index contributed by atoms with van der Waals surface area (Å²) in [6, 6.07) is 10.1. The van der Waals surface area contributed by atoms with Crippen molar-refractivity contribution in [1.82, 2.24) is 5.32 Å². The Bertz CT molecular complexity index is 428. The van der Waals surface area contributed by atoms with Gasteiger partial charge in [-0.2, -0.15) is 0 Å². The van der Waals surface area contributed by atoms with Crippen molar-refractivity contribution < 1.29 is 9.53 Å². The molecule has 0 aromatic heterocycles. The Balaban J connectivity index is 2.07. The number of hydrogen-bond donors (Lipinski definition) is 1. The van der Waals surface area contributed by atoms with Crippen LogP contribution in [0.15, 0.2) is 30.3 Å². The molecule has 1 fully saturated rings. The number of benzene rings is 1. The van der Waals surface area contributed by atoms with E-state index < -0.39 is 5.41 Å². The summed E-state index contributed by atoms with van der Waals surface area (Å²) in [5.74, 6) is 0.0765. The molecular weight excluding hydrogens is 238 g/mol. The maximum atomic E-state index is 12.5. The van der Waals surface area contributed by atoms with Gasteiger partial charge >= 0.3 is 0 Å². The van der Waals surface area contributed by atoms with Gasteiger partial charge in [-0.3, -0.25) is 4.79 Å². The molecule has 2 atom stereocenters. The van der Waals surface area contributed by atoms with Crippen LogP contribution in [-0.2, 0) is 14.9 Å². The first-order valence-corrected chi connectivity index (χ1v) is 6.95. The van der Waals surface area contributed by atoms with E-state index in [2.05, 4.69) is 5.32 Å². The summed E-state index contributed by atoms with van der Waals surface area (Å²) in [7, 11) is 1.72. The zero-order valence-corrected chi connectivity index (χ0v) is 12.0. The lowest BCUT2D eigenvalue weighted by Gasteiger charge is -2.28. The Morgan fingerprint density at radius 3 is 2.58 bits per heavy atom. The predicted molar refractivity (Wildman–Crippen MR) is 76.0 cm³/mol. The molecule has 1 aromatic rings. The van der Waals surface area contributed by atoms with Gasteiger partial charge in [0.2, 0.25) is 5.91 Å². The summed E-state index contributed by atoms with van der Waals surface area (Å²) in [4.78, 5) is 12.5. The number of nitrogens with one attached hydrogen (secondary N) is 1. The number of ether oxygens (including phenoxy) is 1. The zero-order chi connectivity index (χ0) is 13.9. The summed E-state index contributed by atoms with van der Waals surface area (Å²) in [6.45, 7) is 3.93. The number of carbonyl (C=O) groups excluding carboxylic acids is 1. The van der Waals surface area contributed by atoms with E-state index in [0.717, 1.165) is 24.8 Å². The number of amides is 1. The number of methoxy groups -OCH3 is 1. The second-order valence-corrected chi connectivity index (χ2v) is 5.78. The maximum Gasteiger partial charge on any atom is 0.230 e. The van der Waals surface area contributed by atoms with Crippen LogP contribution in [0.3, 0.4) is 0 Å². The molecule has 19 heavy (non-hydrogen) atoms. The van der Waals surface area contributed by atoms with Gasteiger partial charge in [0, 0.05) is 7.11 Å². The van der Waals surface area contributed by atoms with Crippen LogP contribution in [0.4, 0.5) is 0 Å². The Hall–Kier alpha value is -1.35. The molecule has 3 nitrogen and oxygen atoms in total. The lowest BCUT2D eigenvalue weighted by Crippen LogP contribution is -2.48. The Morgan fingerprint density at radius 2 is 1.95 bits per heavy atom. The standard InChI is InChI=1S/C16H23NO2/c1-16(2,12-8-5-4-6-9-12)15(18)17-13-10-7-11-14(13)19-3/h4-6,8-9,13-14H,7,10-11H2,1-3H3,(H,17,18)/t13-,14-/m0/s1. The minimum absolute atomic E-state index is 0.0765. The third kappa shape index (κ3) is 2.98. The fourth-order valence-corrected chi connectivity index (χ4v) is 2.71. The highest BCUT2D eigenvalue weighted by Gasteiger charge is 2.35. The van der Waals surface area contributed by atoms with Crippen LogP contribution >= 0.6 is 0 Å². The van der Waals surface area contributed by atoms with Crippen LogP contribution in [0.2, 0.25) is 0 Å². The number of hydrogen-bond acceptors (Lipinski definition) is 2. The van der Waals surface area contributed by atoms with E-state index in [0.29, 0.717) is 0 Å². The summed E-state index contributed by atoms with van der Waals surface area (Å²) in [5.41, 5.74) is 0.529. The molecule has 1 amide bonds. The van der Waals surface area contributed by atoms with E-state index in [-0.39, 0.29) is 18.1 Å². The maximum absolute atomic E-state index is 12.5. The van der Waals surface area contributed by atoms with Crippen LogP contribution in [0.25, 0.3) is 0 Å². The quantitative estimate of drug-likeness (QED) is 0.905. The van der Waals surface area contributed by atoms with Gasteiger partial charge in [0.25, 0.3) is 0 Å². The van der Waals surface area contributed by atoms with Gasteiger partial charge in [-0.1, -0.05) is 30.3 Å². The second-order valence-electron chi connectivity index (χ2n) is 5.78. The Labute approximate surface area is 115 Å². The molecule has 0 saturated heterocycles. The van der Waals surface area contributed by atoms with Crippen molar-refractivity contribution in [3.05, 3.63) is 35.9 Å². The molecule has 1 aromatic carbocycles. The molecule has 104 valence electrons. The lowest BCUT2D eigenvalue weighted by molar-refractivity contribution is -0.127. The molecule has 0 radical (unpaired) electrons. The average molecular weight is 261 g/mol. The molecule has 2 rings (SSSR count). The summed E-state index contributed by atoms with van der Waals surface area (Å²) in [6.07, 6.45) is 3.33. The van der Waals surface area contributed by atoms with E-state index >= 15 is 0 Å². The van der Waals surface area contributed by atoms with Crippen molar-refractivity contribution in [1.29, 1.82) is 0 Å². The molecular formula is C16H23NO2. The molecule has 0 aliphatic heterocycles. The zero-order valence-electron chi connectivity index (χ0n) is 12.0. The van der Waals surface area contributed by atoms with Crippen molar-refractivity contribution in [2.24, 2.45) is 0 Å². The molecule has 0 bridgehead atoms. The first-order chi connectivity index (χ1) is 9.05. The van der Waals surface area contributed by atoms with Crippen molar-refractivity contribution in [2.45, 2.75) is 50.7 Å². The second kappa shape index (κ2) is 5.74. The lowest BCUT2D eigenvalue weighted by atomic mass is 9.83. The van der Waals surface area contributed by atoms with Crippen molar-refractivity contribution in [3.63, 3.8) is 0 Å². The topological polar surface area (TPSA) is 38.3 Å². The Morgan fingerprint density at radius 1 is 1.26 bits per heavy atom. The summed E-state index contributed by atoms with van der Waals surface area (Å²) < 4.78 is 5.43. The molecule has 1 aliphatic rings. The Kier molecular flexibility index (Phi) is 4.25. The van der Waals surface area contributed by atoms with Crippen molar-refractivity contribution >= 4 is 5.91 Å². The van der Waals surface area contributed by atoms with Gasteiger partial charge in [-0.25, -0.2) is 0 Å². The molecule has 1 aliphatic carbocycles. The van der Waals surface area contributed by atoms with Gasteiger partial charge in [-0.05, 0) is 38.7 Å². The SMILES string of the molecule is CO[C@H]1CCC[C@@H]1NC(=O)C(C)(C)c1ccccc1. The van der Waals surface area contributed by atoms with E-state index in [1.165, 1.54) is 0 Å². The van der Waals surface area contributed by atoms with Gasteiger partial charge in [0.05, 0.1) is 17.6 Å². The smallest absolute Gasteiger partial charge is 0.230 e. The number of carbonyl (C=O) groups is 1. The highest BCUT2D eigenvalue weighted by Crippen LogP contribution is 2.26.